The number of fused-ring (bicyclic) bond motifs is 9. The maximum Gasteiger partial charge on any atom is 0.235 e. The van der Waals surface area contributed by atoms with Crippen LogP contribution in [-0.2, 0) is 0 Å². The first-order valence-electron chi connectivity index (χ1n) is 12.4. The highest BCUT2D eigenvalue weighted by Gasteiger charge is 2.26. The number of hydrogen-bond donors (Lipinski definition) is 2. The molecule has 11 heteroatoms. The second kappa shape index (κ2) is 7.99. The molecule has 0 radical (unpaired) electrons. The van der Waals surface area contributed by atoms with Gasteiger partial charge in [0.1, 0.15) is 27.1 Å². The zero-order valence-corrected chi connectivity index (χ0v) is 20.7. The maximum atomic E-state index is 16.1. The largest absolute Gasteiger partial charge is 0.298 e. The third kappa shape index (κ3) is 3.08. The molecule has 8 rings (SSSR count). The summed E-state index contributed by atoms with van der Waals surface area (Å²) in [5, 5.41) is 7.28. The van der Waals surface area contributed by atoms with E-state index in [1.165, 1.54) is 11.3 Å². The molecule has 186 valence electrons. The van der Waals surface area contributed by atoms with Crippen molar-refractivity contribution < 1.29 is 9.18 Å². The zero-order chi connectivity index (χ0) is 25.4. The highest BCUT2D eigenvalue weighted by Crippen LogP contribution is 2.35. The van der Waals surface area contributed by atoms with E-state index >= 15 is 4.39 Å². The normalized spacial score (nSPS) is 14.6. The Morgan fingerprint density at radius 1 is 1.00 bits per heavy atom. The maximum absolute atomic E-state index is 16.1. The van der Waals surface area contributed by atoms with E-state index in [1.807, 2.05) is 12.1 Å². The van der Waals surface area contributed by atoms with Crippen molar-refractivity contribution >= 4 is 70.8 Å². The molecule has 9 nitrogen and oxygen atoms in total. The average molecular weight is 523 g/mol. The van der Waals surface area contributed by atoms with Crippen LogP contribution in [0.1, 0.15) is 30.5 Å². The minimum atomic E-state index is -0.525. The van der Waals surface area contributed by atoms with Gasteiger partial charge in [0.25, 0.3) is 0 Å². The van der Waals surface area contributed by atoms with Crippen LogP contribution in [0.2, 0.25) is 0 Å². The first-order chi connectivity index (χ1) is 18.7. The van der Waals surface area contributed by atoms with Crippen LogP contribution in [0.5, 0.6) is 0 Å². The number of carbonyl (C=O) groups is 1. The van der Waals surface area contributed by atoms with E-state index in [9.17, 15) is 4.79 Å². The molecule has 5 aromatic rings. The molecule has 2 aliphatic heterocycles. The highest BCUT2D eigenvalue weighted by atomic mass is 32.1. The van der Waals surface area contributed by atoms with Gasteiger partial charge in [0, 0.05) is 33.8 Å². The number of aromatic amines is 2. The standard InChI is InChI=1S/C27H19FN8OS/c28-22-21-17-12-31-23(22)14-7-15(9-29-8-14)36(27(37)13-3-1-2-4-13)20-6-5-19(38-20)16-10-30-11-18-24(16)33-26(32-18)25(21)35-34-17/h5-13,34-35H,1-4H2. The van der Waals surface area contributed by atoms with Gasteiger partial charge in [-0.05, 0) is 31.0 Å². The van der Waals surface area contributed by atoms with E-state index in [4.69, 9.17) is 4.98 Å². The Hall–Kier alpha value is -4.51. The lowest BCUT2D eigenvalue weighted by molar-refractivity contribution is 0.0847. The van der Waals surface area contributed by atoms with Gasteiger partial charge in [-0.25, -0.2) is 14.4 Å². The molecule has 1 aliphatic carbocycles. The van der Waals surface area contributed by atoms with Crippen molar-refractivity contribution in [2.75, 3.05) is 0 Å². The summed E-state index contributed by atoms with van der Waals surface area (Å²) in [7, 11) is 0. The Morgan fingerprint density at radius 2 is 1.87 bits per heavy atom. The minimum Gasteiger partial charge on any atom is -0.298 e. The van der Waals surface area contributed by atoms with Crippen LogP contribution in [0.15, 0.2) is 49.2 Å². The molecule has 0 spiro atoms. The van der Waals surface area contributed by atoms with E-state index in [0.717, 1.165) is 40.6 Å². The molecule has 0 atom stereocenters. The van der Waals surface area contributed by atoms with Crippen molar-refractivity contribution in [3.63, 3.8) is 0 Å². The molecule has 1 fully saturated rings. The Kier molecular flexibility index (Phi) is 4.54. The predicted octanol–water partition coefficient (Wildman–Crippen LogP) is 6.15. The van der Waals surface area contributed by atoms with Gasteiger partial charge in [0.15, 0.2) is 11.5 Å². The number of H-pyrrole nitrogens is 2. The molecule has 2 N–H and O–H groups in total. The number of thiophene rings is 1. The summed E-state index contributed by atoms with van der Waals surface area (Å²) in [5.41, 5.74) is 3.54. The van der Waals surface area contributed by atoms with Crippen molar-refractivity contribution in [1.82, 2.24) is 39.7 Å². The van der Waals surface area contributed by atoms with Gasteiger partial charge in [0.05, 0.1) is 35.2 Å². The molecule has 0 saturated heterocycles. The van der Waals surface area contributed by atoms with Crippen LogP contribution < -0.4 is 0 Å². The fourth-order valence-corrected chi connectivity index (χ4v) is 6.60. The van der Waals surface area contributed by atoms with Gasteiger partial charge in [-0.1, -0.05) is 12.8 Å². The highest BCUT2D eigenvalue weighted by molar-refractivity contribution is 7.24. The number of nitrogens with zero attached hydrogens (tertiary/aromatic N) is 6. The molecule has 3 aliphatic rings. The first-order valence-corrected chi connectivity index (χ1v) is 13.2. The Labute approximate surface area is 217 Å². The van der Waals surface area contributed by atoms with Crippen LogP contribution in [-0.4, -0.2) is 45.6 Å². The van der Waals surface area contributed by atoms with Crippen LogP contribution in [0.3, 0.4) is 0 Å². The SMILES string of the molecule is O=C(C1CCCC1)n1c2cncc(c2)c2ncc3[nH][nH]c(c4nc5cncc(c6ccc1s6)c5n4)-c3c2F. The van der Waals surface area contributed by atoms with Gasteiger partial charge < -0.3 is 0 Å². The molecule has 1 saturated carbocycles. The van der Waals surface area contributed by atoms with Crippen molar-refractivity contribution in [2.24, 2.45) is 5.92 Å². The summed E-state index contributed by atoms with van der Waals surface area (Å²) in [4.78, 5) is 37.3. The molecule has 7 heterocycles. The fourth-order valence-electron chi connectivity index (χ4n) is 5.56. The molecule has 0 unspecified atom stereocenters. The number of imidazole rings is 1. The lowest BCUT2D eigenvalue weighted by Gasteiger charge is -2.12. The Morgan fingerprint density at radius 3 is 2.76 bits per heavy atom. The van der Waals surface area contributed by atoms with Crippen LogP contribution in [0.25, 0.3) is 64.8 Å². The van der Waals surface area contributed by atoms with Crippen molar-refractivity contribution in [3.05, 3.63) is 55.0 Å². The zero-order valence-electron chi connectivity index (χ0n) is 19.9. The van der Waals surface area contributed by atoms with Crippen LogP contribution in [0, 0.1) is 11.7 Å². The van der Waals surface area contributed by atoms with E-state index in [1.54, 1.807) is 41.6 Å². The quantitative estimate of drug-likeness (QED) is 0.267. The molecule has 0 amide bonds. The molecule has 5 aromatic heterocycles. The smallest absolute Gasteiger partial charge is 0.235 e. The van der Waals surface area contributed by atoms with Crippen molar-refractivity contribution in [2.45, 2.75) is 25.7 Å². The molecular formula is C27H19FN8OS. The third-order valence-electron chi connectivity index (χ3n) is 7.42. The summed E-state index contributed by atoms with van der Waals surface area (Å²) >= 11 is 1.48. The molecular weight excluding hydrogens is 503 g/mol. The first kappa shape index (κ1) is 21.6. The Bertz CT molecular complexity index is 2100. The summed E-state index contributed by atoms with van der Waals surface area (Å²) < 4.78 is 18.8. The lowest BCUT2D eigenvalue weighted by Crippen LogP contribution is -2.19. The number of pyridine rings is 3. The molecule has 38 heavy (non-hydrogen) atoms. The second-order valence-electron chi connectivity index (χ2n) is 9.66. The number of carbonyl (C=O) groups excluding carboxylic acids is 1. The summed E-state index contributed by atoms with van der Waals surface area (Å²) in [6, 6.07) is 5.70. The number of nitrogens with one attached hydrogen (secondary N) is 2. The predicted molar refractivity (Wildman–Crippen MR) is 144 cm³/mol. The van der Waals surface area contributed by atoms with Crippen LogP contribution >= 0.6 is 11.3 Å². The number of aromatic nitrogens is 8. The number of rotatable bonds is 1. The number of halogens is 1. The summed E-state index contributed by atoms with van der Waals surface area (Å²) in [6.45, 7) is 0. The van der Waals surface area contributed by atoms with Gasteiger partial charge in [-0.2, -0.15) is 0 Å². The summed E-state index contributed by atoms with van der Waals surface area (Å²) in [5.74, 6) is -0.566. The number of hydrogen-bond acceptors (Lipinski definition) is 7. The van der Waals surface area contributed by atoms with Gasteiger partial charge >= 0.3 is 0 Å². The van der Waals surface area contributed by atoms with E-state index in [2.05, 4.69) is 30.1 Å². The monoisotopic (exact) mass is 522 g/mol. The van der Waals surface area contributed by atoms with Gasteiger partial charge in [0.2, 0.25) is 5.91 Å². The van der Waals surface area contributed by atoms with Crippen molar-refractivity contribution in [3.8, 4) is 11.3 Å². The van der Waals surface area contributed by atoms with E-state index in [0.29, 0.717) is 44.4 Å². The van der Waals surface area contributed by atoms with E-state index < -0.39 is 5.82 Å². The molecule has 8 bridgehead atoms. The molecule has 0 aromatic carbocycles. The lowest BCUT2D eigenvalue weighted by atomic mass is 10.1. The Balaban J connectivity index is 1.59. The summed E-state index contributed by atoms with van der Waals surface area (Å²) in [6.07, 6.45) is 12.0. The fraction of sp³-hybridized carbons (Fsp3) is 0.185. The van der Waals surface area contributed by atoms with E-state index in [-0.39, 0.29) is 17.3 Å². The van der Waals surface area contributed by atoms with Crippen LogP contribution in [0.4, 0.5) is 4.39 Å². The topological polar surface area (TPSA) is 118 Å². The second-order valence-corrected chi connectivity index (χ2v) is 10.7. The third-order valence-corrected chi connectivity index (χ3v) is 8.52. The average Bonchev–Trinajstić information content (AvgIpc) is 3.74. The van der Waals surface area contributed by atoms with Gasteiger partial charge in [-0.3, -0.25) is 34.5 Å². The minimum absolute atomic E-state index is 0.0253. The van der Waals surface area contributed by atoms with Gasteiger partial charge in [-0.15, -0.1) is 11.3 Å². The van der Waals surface area contributed by atoms with Crippen molar-refractivity contribution in [1.29, 1.82) is 0 Å².